The molecule has 1 fully saturated rings. The number of hydrogen-bond donors (Lipinski definition) is 1. The number of fused-ring (bicyclic) bond motifs is 1. The van der Waals surface area contributed by atoms with Crippen LogP contribution in [0.1, 0.15) is 5.56 Å². The summed E-state index contributed by atoms with van der Waals surface area (Å²) in [5.74, 6) is 1.15. The van der Waals surface area contributed by atoms with Crippen LogP contribution in [0.15, 0.2) is 35.6 Å². The van der Waals surface area contributed by atoms with Crippen LogP contribution in [0.3, 0.4) is 0 Å². The van der Waals surface area contributed by atoms with E-state index in [1.54, 1.807) is 12.4 Å². The Bertz CT molecular complexity index is 543. The van der Waals surface area contributed by atoms with Crippen molar-refractivity contribution in [1.29, 1.82) is 0 Å². The predicted octanol–water partition coefficient (Wildman–Crippen LogP) is 2.26. The Kier molecular flexibility index (Phi) is 2.50. The van der Waals surface area contributed by atoms with E-state index < -0.39 is 0 Å². The predicted molar refractivity (Wildman–Crippen MR) is 68.0 cm³/mol. The number of aromatic nitrogens is 2. The standard InChI is InChI=1S/C12H11N3S/c1-2-10-11(14-4-3-13-10)7-9(1)8-12-15-5-6-16-12/h1-4,7-8,15H,5-6H2. The molecule has 80 valence electrons. The molecular weight excluding hydrogens is 218 g/mol. The van der Waals surface area contributed by atoms with E-state index in [1.807, 2.05) is 17.8 Å². The zero-order chi connectivity index (χ0) is 10.8. The third kappa shape index (κ3) is 1.88. The first-order valence-corrected chi connectivity index (χ1v) is 6.19. The van der Waals surface area contributed by atoms with Gasteiger partial charge in [-0.3, -0.25) is 9.97 Å². The first-order valence-electron chi connectivity index (χ1n) is 5.21. The zero-order valence-electron chi connectivity index (χ0n) is 8.68. The lowest BCUT2D eigenvalue weighted by Crippen LogP contribution is -2.03. The molecule has 0 amide bonds. The van der Waals surface area contributed by atoms with Crippen molar-refractivity contribution in [2.75, 3.05) is 12.3 Å². The Morgan fingerprint density at radius 3 is 2.88 bits per heavy atom. The summed E-state index contributed by atoms with van der Waals surface area (Å²) in [5, 5.41) is 4.58. The third-order valence-electron chi connectivity index (χ3n) is 2.45. The largest absolute Gasteiger partial charge is 0.379 e. The van der Waals surface area contributed by atoms with Crippen LogP contribution < -0.4 is 5.32 Å². The van der Waals surface area contributed by atoms with Gasteiger partial charge in [0.25, 0.3) is 0 Å². The van der Waals surface area contributed by atoms with Crippen LogP contribution in [0.5, 0.6) is 0 Å². The molecule has 0 unspecified atom stereocenters. The molecule has 0 atom stereocenters. The molecule has 1 aromatic heterocycles. The maximum Gasteiger partial charge on any atom is 0.0892 e. The molecule has 2 heterocycles. The number of thioether (sulfide) groups is 1. The summed E-state index contributed by atoms with van der Waals surface area (Å²) < 4.78 is 0. The van der Waals surface area contributed by atoms with E-state index in [0.29, 0.717) is 0 Å². The van der Waals surface area contributed by atoms with Gasteiger partial charge in [-0.1, -0.05) is 6.07 Å². The maximum absolute atomic E-state index is 4.30. The van der Waals surface area contributed by atoms with Gasteiger partial charge in [-0.25, -0.2) is 0 Å². The number of hydrogen-bond acceptors (Lipinski definition) is 4. The van der Waals surface area contributed by atoms with Crippen molar-refractivity contribution in [3.8, 4) is 0 Å². The van der Waals surface area contributed by atoms with E-state index in [2.05, 4.69) is 33.5 Å². The lowest BCUT2D eigenvalue weighted by molar-refractivity contribution is 0.952. The van der Waals surface area contributed by atoms with Gasteiger partial charge in [0.1, 0.15) is 0 Å². The van der Waals surface area contributed by atoms with Crippen molar-refractivity contribution in [1.82, 2.24) is 15.3 Å². The monoisotopic (exact) mass is 229 g/mol. The molecule has 0 bridgehead atoms. The fourth-order valence-electron chi connectivity index (χ4n) is 1.70. The van der Waals surface area contributed by atoms with Crippen molar-refractivity contribution in [3.63, 3.8) is 0 Å². The van der Waals surface area contributed by atoms with Gasteiger partial charge in [0.05, 0.1) is 16.1 Å². The molecule has 1 aromatic carbocycles. The fraction of sp³-hybridized carbons (Fsp3) is 0.167. The SMILES string of the molecule is C(=C1NCCS1)c1ccc2nccnc2c1. The van der Waals surface area contributed by atoms with E-state index in [4.69, 9.17) is 0 Å². The summed E-state index contributed by atoms with van der Waals surface area (Å²) in [7, 11) is 0. The van der Waals surface area contributed by atoms with E-state index in [9.17, 15) is 0 Å². The molecule has 0 spiro atoms. The summed E-state index contributed by atoms with van der Waals surface area (Å²) in [5.41, 5.74) is 3.06. The molecule has 1 aliphatic heterocycles. The molecule has 0 saturated carbocycles. The lowest BCUT2D eigenvalue weighted by Gasteiger charge is -2.00. The van der Waals surface area contributed by atoms with Crippen LogP contribution in [0.4, 0.5) is 0 Å². The Hall–Kier alpha value is -1.55. The molecular formula is C12H11N3S. The van der Waals surface area contributed by atoms with Gasteiger partial charge in [0.15, 0.2) is 0 Å². The second-order valence-corrected chi connectivity index (χ2v) is 4.73. The molecule has 0 aliphatic carbocycles. The molecule has 1 N–H and O–H groups in total. The van der Waals surface area contributed by atoms with Crippen LogP contribution in [-0.2, 0) is 0 Å². The highest BCUT2D eigenvalue weighted by Crippen LogP contribution is 2.21. The van der Waals surface area contributed by atoms with Crippen LogP contribution >= 0.6 is 11.8 Å². The lowest BCUT2D eigenvalue weighted by atomic mass is 10.2. The van der Waals surface area contributed by atoms with Gasteiger partial charge in [-0.15, -0.1) is 11.8 Å². The van der Waals surface area contributed by atoms with Crippen LogP contribution in [0.2, 0.25) is 0 Å². The van der Waals surface area contributed by atoms with E-state index >= 15 is 0 Å². The highest BCUT2D eigenvalue weighted by molar-refractivity contribution is 8.03. The molecule has 1 saturated heterocycles. The van der Waals surface area contributed by atoms with E-state index in [1.165, 1.54) is 10.6 Å². The van der Waals surface area contributed by atoms with Crippen molar-refractivity contribution in [3.05, 3.63) is 41.2 Å². The Morgan fingerprint density at radius 2 is 2.06 bits per heavy atom. The summed E-state index contributed by atoms with van der Waals surface area (Å²) in [6.45, 7) is 1.06. The highest BCUT2D eigenvalue weighted by atomic mass is 32.2. The average Bonchev–Trinajstić information content (AvgIpc) is 2.82. The smallest absolute Gasteiger partial charge is 0.0892 e. The summed E-state index contributed by atoms with van der Waals surface area (Å²) in [4.78, 5) is 8.55. The summed E-state index contributed by atoms with van der Waals surface area (Å²) in [6.07, 6.45) is 5.60. The van der Waals surface area contributed by atoms with Crippen LogP contribution in [0.25, 0.3) is 17.1 Å². The molecule has 0 radical (unpaired) electrons. The minimum Gasteiger partial charge on any atom is -0.379 e. The zero-order valence-corrected chi connectivity index (χ0v) is 9.50. The number of nitrogens with one attached hydrogen (secondary N) is 1. The number of benzene rings is 1. The Balaban J connectivity index is 2.01. The van der Waals surface area contributed by atoms with Gasteiger partial charge in [-0.05, 0) is 23.8 Å². The quantitative estimate of drug-likeness (QED) is 0.814. The minimum atomic E-state index is 0.941. The fourth-order valence-corrected chi connectivity index (χ4v) is 2.55. The second-order valence-electron chi connectivity index (χ2n) is 3.59. The third-order valence-corrected chi connectivity index (χ3v) is 3.43. The Morgan fingerprint density at radius 1 is 1.19 bits per heavy atom. The normalized spacial score (nSPS) is 17.9. The maximum atomic E-state index is 4.30. The molecule has 4 heteroatoms. The first-order chi connectivity index (χ1) is 7.92. The van der Waals surface area contributed by atoms with Crippen molar-refractivity contribution < 1.29 is 0 Å². The van der Waals surface area contributed by atoms with Gasteiger partial charge in [0.2, 0.25) is 0 Å². The molecule has 3 nitrogen and oxygen atoms in total. The minimum absolute atomic E-state index is 0.941. The van der Waals surface area contributed by atoms with Crippen molar-refractivity contribution in [2.24, 2.45) is 0 Å². The van der Waals surface area contributed by atoms with Gasteiger partial charge < -0.3 is 5.32 Å². The van der Waals surface area contributed by atoms with E-state index in [-0.39, 0.29) is 0 Å². The first kappa shape index (κ1) is 9.66. The molecule has 1 aliphatic rings. The average molecular weight is 229 g/mol. The Labute approximate surface area is 98.0 Å². The summed E-state index contributed by atoms with van der Waals surface area (Å²) >= 11 is 1.86. The van der Waals surface area contributed by atoms with Gasteiger partial charge in [-0.2, -0.15) is 0 Å². The van der Waals surface area contributed by atoms with Crippen molar-refractivity contribution >= 4 is 28.9 Å². The van der Waals surface area contributed by atoms with E-state index in [0.717, 1.165) is 23.3 Å². The highest BCUT2D eigenvalue weighted by Gasteiger charge is 2.05. The van der Waals surface area contributed by atoms with Gasteiger partial charge in [0, 0.05) is 24.7 Å². The number of rotatable bonds is 1. The van der Waals surface area contributed by atoms with Crippen LogP contribution in [0, 0.1) is 0 Å². The second kappa shape index (κ2) is 4.14. The van der Waals surface area contributed by atoms with Crippen LogP contribution in [-0.4, -0.2) is 22.3 Å². The summed E-state index contributed by atoms with van der Waals surface area (Å²) in [6, 6.07) is 6.15. The number of nitrogens with zero attached hydrogens (tertiary/aromatic N) is 2. The molecule has 3 rings (SSSR count). The molecule has 16 heavy (non-hydrogen) atoms. The molecule has 2 aromatic rings. The topological polar surface area (TPSA) is 37.8 Å². The van der Waals surface area contributed by atoms with Crippen molar-refractivity contribution in [2.45, 2.75) is 0 Å². The van der Waals surface area contributed by atoms with Gasteiger partial charge >= 0.3 is 0 Å².